The molecule has 0 saturated carbocycles. The average Bonchev–Trinajstić information content (AvgIpc) is 3.11. The first-order valence-corrected chi connectivity index (χ1v) is 14.6. The van der Waals surface area contributed by atoms with Crippen molar-refractivity contribution in [3.63, 3.8) is 0 Å². The van der Waals surface area contributed by atoms with E-state index in [0.717, 1.165) is 40.7 Å². The largest absolute Gasteiger partial charge is 0.497 e. The van der Waals surface area contributed by atoms with Crippen molar-refractivity contribution in [3.05, 3.63) is 75.0 Å². The zero-order valence-electron chi connectivity index (χ0n) is 20.7. The molecule has 2 aliphatic carbocycles. The van der Waals surface area contributed by atoms with Crippen molar-refractivity contribution in [1.29, 1.82) is 0 Å². The Hall–Kier alpha value is -2.24. The zero-order valence-corrected chi connectivity index (χ0v) is 22.3. The number of aromatic nitrogens is 1. The first kappa shape index (κ1) is 24.9. The Bertz CT molecular complexity index is 1150. The molecular formula is C29H35NO2S2. The Morgan fingerprint density at radius 2 is 1.94 bits per heavy atom. The summed E-state index contributed by atoms with van der Waals surface area (Å²) >= 11 is 1.80. The summed E-state index contributed by atoms with van der Waals surface area (Å²) < 4.78 is 17.7. The highest BCUT2D eigenvalue weighted by Gasteiger charge is 2.20. The smallest absolute Gasteiger partial charge is 0.118 e. The van der Waals surface area contributed by atoms with Gasteiger partial charge in [0, 0.05) is 39.9 Å². The Balaban J connectivity index is 1.74. The highest BCUT2D eigenvalue weighted by molar-refractivity contribution is 7.88. The summed E-state index contributed by atoms with van der Waals surface area (Å²) in [5, 5.41) is 1.17. The standard InChI is InChI=1S/C29H35NO2S2/c1-20-8-7-9-22(13-12-20)19-27-30-28(23-14-16-25(32-3)17-15-23)29(33-27)24-10-5-6-11-26(34(4)31)21(2)18-24/h5,9-11,14-18,20-21H,6-8,12-13,19H2,1-4H3/b10-5-,24-18+,26-11+. The number of hydrogen-bond donors (Lipinski definition) is 0. The molecule has 3 atom stereocenters. The summed E-state index contributed by atoms with van der Waals surface area (Å²) in [5.41, 5.74) is 4.81. The lowest BCUT2D eigenvalue weighted by Crippen LogP contribution is -2.04. The van der Waals surface area contributed by atoms with Gasteiger partial charge in [0.15, 0.2) is 0 Å². The minimum Gasteiger partial charge on any atom is -0.497 e. The molecule has 1 aromatic carbocycles. The van der Waals surface area contributed by atoms with Crippen LogP contribution < -0.4 is 4.74 Å². The van der Waals surface area contributed by atoms with Crippen LogP contribution in [0.4, 0.5) is 0 Å². The molecule has 1 heterocycles. The summed E-state index contributed by atoms with van der Waals surface area (Å²) in [6.45, 7) is 4.50. The SMILES string of the molecule is COc1ccc(-c2nc(CC3=CCCC(C)CC3)sc2C2=C/C(C)/C(S(C)=O)=C\C/C=C\2)cc1. The molecule has 0 spiro atoms. The zero-order chi connectivity index (χ0) is 24.1. The van der Waals surface area contributed by atoms with Crippen LogP contribution in [0.5, 0.6) is 5.75 Å². The molecule has 2 aliphatic rings. The molecule has 0 radical (unpaired) electrons. The van der Waals surface area contributed by atoms with Gasteiger partial charge in [-0.3, -0.25) is 4.21 Å². The molecule has 0 aliphatic heterocycles. The summed E-state index contributed by atoms with van der Waals surface area (Å²) in [6.07, 6.45) is 19.6. The van der Waals surface area contributed by atoms with Gasteiger partial charge in [0.05, 0.1) is 22.7 Å². The van der Waals surface area contributed by atoms with Gasteiger partial charge < -0.3 is 4.74 Å². The van der Waals surface area contributed by atoms with Crippen LogP contribution in [-0.2, 0) is 17.2 Å². The molecular weight excluding hydrogens is 458 g/mol. The molecule has 1 aromatic heterocycles. The van der Waals surface area contributed by atoms with Crippen molar-refractivity contribution in [3.8, 4) is 17.0 Å². The van der Waals surface area contributed by atoms with Crippen LogP contribution in [0.2, 0.25) is 0 Å². The lowest BCUT2D eigenvalue weighted by molar-refractivity contribution is 0.415. The first-order chi connectivity index (χ1) is 16.4. The van der Waals surface area contributed by atoms with Crippen LogP contribution in [0, 0.1) is 11.8 Å². The molecule has 2 aromatic rings. The lowest BCUT2D eigenvalue weighted by Gasteiger charge is -2.14. The van der Waals surface area contributed by atoms with E-state index in [1.54, 1.807) is 24.7 Å². The van der Waals surface area contributed by atoms with Gasteiger partial charge in [0.2, 0.25) is 0 Å². The maximum Gasteiger partial charge on any atom is 0.118 e. The second kappa shape index (κ2) is 11.5. The van der Waals surface area contributed by atoms with Crippen molar-refractivity contribution in [2.45, 2.75) is 52.4 Å². The fourth-order valence-corrected chi connectivity index (χ4v) is 6.75. The van der Waals surface area contributed by atoms with Crippen LogP contribution in [0.15, 0.2) is 65.1 Å². The molecule has 5 heteroatoms. The fraction of sp³-hybridized carbons (Fsp3) is 0.414. The average molecular weight is 494 g/mol. The molecule has 0 saturated heterocycles. The van der Waals surface area contributed by atoms with Gasteiger partial charge in [-0.25, -0.2) is 4.98 Å². The predicted molar refractivity (Wildman–Crippen MR) is 147 cm³/mol. The second-order valence-electron chi connectivity index (χ2n) is 9.38. The minimum atomic E-state index is -0.973. The summed E-state index contributed by atoms with van der Waals surface area (Å²) in [5.74, 6) is 1.76. The second-order valence-corrected chi connectivity index (χ2v) is 11.8. The van der Waals surface area contributed by atoms with Crippen LogP contribution in [0.25, 0.3) is 16.8 Å². The number of hydrogen-bond acceptors (Lipinski definition) is 4. The van der Waals surface area contributed by atoms with E-state index in [1.807, 2.05) is 12.1 Å². The van der Waals surface area contributed by atoms with E-state index in [9.17, 15) is 4.21 Å². The van der Waals surface area contributed by atoms with Gasteiger partial charge in [-0.1, -0.05) is 49.8 Å². The van der Waals surface area contributed by atoms with Crippen LogP contribution in [0.1, 0.15) is 55.8 Å². The van der Waals surface area contributed by atoms with Crippen molar-refractivity contribution < 1.29 is 8.95 Å². The van der Waals surface area contributed by atoms with Crippen molar-refractivity contribution in [1.82, 2.24) is 4.98 Å². The monoisotopic (exact) mass is 493 g/mol. The number of benzene rings is 1. The number of allylic oxidation sites excluding steroid dienone is 8. The topological polar surface area (TPSA) is 39.2 Å². The van der Waals surface area contributed by atoms with E-state index in [2.05, 4.69) is 56.4 Å². The minimum absolute atomic E-state index is 0.117. The molecule has 3 unspecified atom stereocenters. The quantitative estimate of drug-likeness (QED) is 0.386. The van der Waals surface area contributed by atoms with Crippen LogP contribution in [-0.4, -0.2) is 22.6 Å². The number of rotatable bonds is 6. The molecule has 0 N–H and O–H groups in total. The maximum absolute atomic E-state index is 12.3. The predicted octanol–water partition coefficient (Wildman–Crippen LogP) is 7.74. The van der Waals surface area contributed by atoms with Gasteiger partial charge in [0.1, 0.15) is 5.75 Å². The van der Waals surface area contributed by atoms with Gasteiger partial charge >= 0.3 is 0 Å². The maximum atomic E-state index is 12.3. The molecule has 180 valence electrons. The van der Waals surface area contributed by atoms with E-state index < -0.39 is 10.8 Å². The van der Waals surface area contributed by atoms with Gasteiger partial charge in [-0.15, -0.1) is 11.3 Å². The fourth-order valence-electron chi connectivity index (χ4n) is 4.69. The highest BCUT2D eigenvalue weighted by Crippen LogP contribution is 2.38. The first-order valence-electron chi connectivity index (χ1n) is 12.2. The molecule has 0 fully saturated rings. The Labute approximate surface area is 210 Å². The summed E-state index contributed by atoms with van der Waals surface area (Å²) in [4.78, 5) is 7.36. The lowest BCUT2D eigenvalue weighted by atomic mass is 9.99. The van der Waals surface area contributed by atoms with E-state index in [-0.39, 0.29) is 5.92 Å². The third kappa shape index (κ3) is 6.05. The van der Waals surface area contributed by atoms with Crippen LogP contribution in [0.3, 0.4) is 0 Å². The van der Waals surface area contributed by atoms with Crippen molar-refractivity contribution in [2.24, 2.45) is 11.8 Å². The number of methoxy groups -OCH3 is 1. The third-order valence-corrected chi connectivity index (χ3v) is 9.00. The molecule has 4 rings (SSSR count). The Kier molecular flexibility index (Phi) is 8.38. The Morgan fingerprint density at radius 1 is 1.15 bits per heavy atom. The highest BCUT2D eigenvalue weighted by atomic mass is 32.2. The van der Waals surface area contributed by atoms with E-state index >= 15 is 0 Å². The third-order valence-electron chi connectivity index (χ3n) is 6.69. The number of nitrogens with zero attached hydrogens (tertiary/aromatic N) is 1. The summed E-state index contributed by atoms with van der Waals surface area (Å²) in [6, 6.07) is 8.19. The van der Waals surface area contributed by atoms with Crippen LogP contribution >= 0.6 is 11.3 Å². The van der Waals surface area contributed by atoms with E-state index in [4.69, 9.17) is 9.72 Å². The van der Waals surface area contributed by atoms with Gasteiger partial charge in [0.25, 0.3) is 0 Å². The van der Waals surface area contributed by atoms with Crippen molar-refractivity contribution in [2.75, 3.05) is 13.4 Å². The van der Waals surface area contributed by atoms with Crippen molar-refractivity contribution >= 4 is 27.7 Å². The molecule has 34 heavy (non-hydrogen) atoms. The summed E-state index contributed by atoms with van der Waals surface area (Å²) in [7, 11) is 0.719. The number of ether oxygens (including phenoxy) is 1. The van der Waals surface area contributed by atoms with E-state index in [1.165, 1.54) is 46.7 Å². The van der Waals surface area contributed by atoms with E-state index in [0.29, 0.717) is 0 Å². The van der Waals surface area contributed by atoms with Gasteiger partial charge in [-0.05, 0) is 67.9 Å². The Morgan fingerprint density at radius 3 is 2.68 bits per heavy atom. The normalized spacial score (nSPS) is 26.1. The molecule has 0 amide bonds. The number of thiazole rings is 1. The molecule has 3 nitrogen and oxygen atoms in total. The van der Waals surface area contributed by atoms with Gasteiger partial charge in [-0.2, -0.15) is 0 Å². The molecule has 0 bridgehead atoms.